The molecule has 0 unspecified atom stereocenters. The molecule has 2 aromatic rings. The summed E-state index contributed by atoms with van der Waals surface area (Å²) in [7, 11) is 1.92. The second-order valence-electron chi connectivity index (χ2n) is 8.25. The van der Waals surface area contributed by atoms with E-state index in [9.17, 15) is 4.79 Å². The maximum absolute atomic E-state index is 11.8. The summed E-state index contributed by atoms with van der Waals surface area (Å²) in [5.41, 5.74) is 2.33. The van der Waals surface area contributed by atoms with E-state index in [1.165, 1.54) is 11.1 Å². The van der Waals surface area contributed by atoms with Crippen LogP contribution in [0.1, 0.15) is 43.7 Å². The van der Waals surface area contributed by atoms with Gasteiger partial charge in [0.1, 0.15) is 11.4 Å². The van der Waals surface area contributed by atoms with Crippen LogP contribution in [0.4, 0.5) is 0 Å². The largest absolute Gasteiger partial charge is 0.486 e. The standard InChI is InChI=1S/C23H29N3O2/c1-18(27)25(2)21-7-11-23(12-8-21)17-26(15-19-9-13-24-14-10-19)16-20-5-3-4-6-22(20)28-23/h3-6,9-10,13-14,21H,7-8,11-12,15-17H2,1-2H3. The van der Waals surface area contributed by atoms with Crippen molar-refractivity contribution in [3.63, 3.8) is 0 Å². The molecule has 1 spiro atoms. The summed E-state index contributed by atoms with van der Waals surface area (Å²) >= 11 is 0. The molecular weight excluding hydrogens is 350 g/mol. The highest BCUT2D eigenvalue weighted by molar-refractivity contribution is 5.73. The SMILES string of the molecule is CC(=O)N(C)C1CCC2(CC1)CN(Cc1ccncc1)Cc1ccccc1O2. The summed E-state index contributed by atoms with van der Waals surface area (Å²) < 4.78 is 6.68. The minimum absolute atomic E-state index is 0.146. The number of fused-ring (bicyclic) bond motifs is 1. The number of para-hydroxylation sites is 1. The van der Waals surface area contributed by atoms with Crippen LogP contribution >= 0.6 is 0 Å². The van der Waals surface area contributed by atoms with Crippen molar-refractivity contribution >= 4 is 5.91 Å². The first-order valence-corrected chi connectivity index (χ1v) is 10.2. The molecule has 1 aliphatic carbocycles. The molecule has 2 aliphatic rings. The molecule has 1 fully saturated rings. The van der Waals surface area contributed by atoms with Crippen molar-refractivity contribution in [3.05, 3.63) is 59.9 Å². The minimum atomic E-state index is -0.187. The molecule has 1 aromatic carbocycles. The highest BCUT2D eigenvalue weighted by atomic mass is 16.5. The molecule has 1 saturated carbocycles. The number of carbonyl (C=O) groups excluding carboxylic acids is 1. The van der Waals surface area contributed by atoms with Crippen LogP contribution in [0, 0.1) is 0 Å². The third-order valence-electron chi connectivity index (χ3n) is 6.27. The Morgan fingerprint density at radius 1 is 1.21 bits per heavy atom. The molecule has 1 aromatic heterocycles. The van der Waals surface area contributed by atoms with E-state index >= 15 is 0 Å². The zero-order valence-corrected chi connectivity index (χ0v) is 16.8. The number of aromatic nitrogens is 1. The summed E-state index contributed by atoms with van der Waals surface area (Å²) in [4.78, 5) is 20.3. The molecule has 0 saturated heterocycles. The fraction of sp³-hybridized carbons (Fsp3) is 0.478. The Bertz CT molecular complexity index is 816. The second-order valence-corrected chi connectivity index (χ2v) is 8.25. The van der Waals surface area contributed by atoms with Crippen molar-refractivity contribution in [3.8, 4) is 5.75 Å². The van der Waals surface area contributed by atoms with Crippen LogP contribution in [0.5, 0.6) is 5.75 Å². The Labute approximate surface area is 167 Å². The molecule has 0 atom stereocenters. The lowest BCUT2D eigenvalue weighted by atomic mass is 9.81. The van der Waals surface area contributed by atoms with E-state index in [0.29, 0.717) is 6.04 Å². The van der Waals surface area contributed by atoms with Gasteiger partial charge in [0, 0.05) is 57.6 Å². The van der Waals surface area contributed by atoms with Gasteiger partial charge >= 0.3 is 0 Å². The molecule has 28 heavy (non-hydrogen) atoms. The van der Waals surface area contributed by atoms with Crippen molar-refractivity contribution in [2.24, 2.45) is 0 Å². The number of nitrogens with zero attached hydrogens (tertiary/aromatic N) is 3. The highest BCUT2D eigenvalue weighted by Gasteiger charge is 2.42. The van der Waals surface area contributed by atoms with Gasteiger partial charge in [-0.05, 0) is 49.4 Å². The summed E-state index contributed by atoms with van der Waals surface area (Å²) in [6.07, 6.45) is 7.63. The van der Waals surface area contributed by atoms with Crippen molar-refractivity contribution in [2.45, 2.75) is 57.3 Å². The first kappa shape index (κ1) is 18.9. The normalized spacial score (nSPS) is 24.9. The van der Waals surface area contributed by atoms with E-state index in [2.05, 4.69) is 46.3 Å². The predicted octanol–water partition coefficient (Wildman–Crippen LogP) is 3.64. The molecule has 0 N–H and O–H groups in total. The Morgan fingerprint density at radius 2 is 1.93 bits per heavy atom. The van der Waals surface area contributed by atoms with Crippen LogP contribution in [-0.4, -0.2) is 45.9 Å². The number of hydrogen-bond donors (Lipinski definition) is 0. The summed E-state index contributed by atoms with van der Waals surface area (Å²) in [6, 6.07) is 12.9. The number of hydrogen-bond acceptors (Lipinski definition) is 4. The number of pyridine rings is 1. The van der Waals surface area contributed by atoms with Crippen molar-refractivity contribution < 1.29 is 9.53 Å². The lowest BCUT2D eigenvalue weighted by molar-refractivity contribution is -0.131. The van der Waals surface area contributed by atoms with Crippen LogP contribution in [0.15, 0.2) is 48.8 Å². The van der Waals surface area contributed by atoms with Gasteiger partial charge in [-0.25, -0.2) is 0 Å². The molecule has 0 bridgehead atoms. The summed E-state index contributed by atoms with van der Waals surface area (Å²) in [5, 5.41) is 0. The Morgan fingerprint density at radius 3 is 2.64 bits per heavy atom. The number of benzene rings is 1. The average molecular weight is 380 g/mol. The van der Waals surface area contributed by atoms with Gasteiger partial charge in [-0.15, -0.1) is 0 Å². The van der Waals surface area contributed by atoms with Gasteiger partial charge in [-0.1, -0.05) is 18.2 Å². The topological polar surface area (TPSA) is 45.7 Å². The highest BCUT2D eigenvalue weighted by Crippen LogP contribution is 2.39. The lowest BCUT2D eigenvalue weighted by Gasteiger charge is -2.43. The van der Waals surface area contributed by atoms with E-state index < -0.39 is 0 Å². The van der Waals surface area contributed by atoms with Crippen molar-refractivity contribution in [1.29, 1.82) is 0 Å². The van der Waals surface area contributed by atoms with E-state index in [1.807, 2.05) is 24.3 Å². The van der Waals surface area contributed by atoms with Gasteiger partial charge in [0.15, 0.2) is 0 Å². The average Bonchev–Trinajstić information content (AvgIpc) is 2.84. The van der Waals surface area contributed by atoms with Crippen LogP contribution in [-0.2, 0) is 17.9 Å². The molecule has 148 valence electrons. The van der Waals surface area contributed by atoms with Crippen LogP contribution < -0.4 is 4.74 Å². The quantitative estimate of drug-likeness (QED) is 0.817. The number of carbonyl (C=O) groups is 1. The maximum Gasteiger partial charge on any atom is 0.219 e. The van der Waals surface area contributed by atoms with Gasteiger partial charge < -0.3 is 9.64 Å². The third kappa shape index (κ3) is 4.04. The molecule has 2 heterocycles. The molecule has 4 rings (SSSR count). The van der Waals surface area contributed by atoms with Crippen molar-refractivity contribution in [1.82, 2.24) is 14.8 Å². The summed E-state index contributed by atoms with van der Waals surface area (Å²) in [5.74, 6) is 1.16. The number of ether oxygens (including phenoxy) is 1. The van der Waals surface area contributed by atoms with Gasteiger partial charge in [0.2, 0.25) is 5.91 Å². The fourth-order valence-electron chi connectivity index (χ4n) is 4.60. The molecule has 1 amide bonds. The number of rotatable bonds is 3. The smallest absolute Gasteiger partial charge is 0.219 e. The van der Waals surface area contributed by atoms with E-state index in [1.54, 1.807) is 6.92 Å². The molecular formula is C23H29N3O2. The van der Waals surface area contributed by atoms with E-state index in [-0.39, 0.29) is 11.5 Å². The van der Waals surface area contributed by atoms with Gasteiger partial charge in [-0.3, -0.25) is 14.7 Å². The monoisotopic (exact) mass is 379 g/mol. The second kappa shape index (κ2) is 7.92. The van der Waals surface area contributed by atoms with Crippen LogP contribution in [0.2, 0.25) is 0 Å². The zero-order chi connectivity index (χ0) is 19.6. The Hall–Kier alpha value is -2.40. The Balaban J connectivity index is 1.56. The Kier molecular flexibility index (Phi) is 5.36. The van der Waals surface area contributed by atoms with Crippen LogP contribution in [0.25, 0.3) is 0 Å². The zero-order valence-electron chi connectivity index (χ0n) is 16.8. The summed E-state index contributed by atoms with van der Waals surface area (Å²) in [6.45, 7) is 4.33. The molecule has 1 aliphatic heterocycles. The minimum Gasteiger partial charge on any atom is -0.486 e. The molecule has 5 heteroatoms. The first-order chi connectivity index (χ1) is 13.5. The maximum atomic E-state index is 11.8. The molecule has 0 radical (unpaired) electrons. The third-order valence-corrected chi connectivity index (χ3v) is 6.27. The first-order valence-electron chi connectivity index (χ1n) is 10.2. The van der Waals surface area contributed by atoms with E-state index in [0.717, 1.165) is 51.1 Å². The number of amides is 1. The predicted molar refractivity (Wildman–Crippen MR) is 109 cm³/mol. The van der Waals surface area contributed by atoms with Crippen LogP contribution in [0.3, 0.4) is 0 Å². The lowest BCUT2D eigenvalue weighted by Crippen LogP contribution is -2.51. The van der Waals surface area contributed by atoms with Gasteiger partial charge in [0.25, 0.3) is 0 Å². The van der Waals surface area contributed by atoms with E-state index in [4.69, 9.17) is 4.74 Å². The van der Waals surface area contributed by atoms with Crippen molar-refractivity contribution in [2.75, 3.05) is 13.6 Å². The fourth-order valence-corrected chi connectivity index (χ4v) is 4.60. The van der Waals surface area contributed by atoms with Gasteiger partial charge in [0.05, 0.1) is 0 Å². The van der Waals surface area contributed by atoms with Gasteiger partial charge in [-0.2, -0.15) is 0 Å². The molecule has 5 nitrogen and oxygen atoms in total.